The normalized spacial score (nSPS) is 10.5. The van der Waals surface area contributed by atoms with Gasteiger partial charge in [0.15, 0.2) is 0 Å². The van der Waals surface area contributed by atoms with Crippen molar-refractivity contribution in [2.24, 2.45) is 0 Å². The van der Waals surface area contributed by atoms with Crippen LogP contribution in [-0.2, 0) is 6.42 Å². The van der Waals surface area contributed by atoms with Crippen LogP contribution in [0.5, 0.6) is 5.88 Å². The van der Waals surface area contributed by atoms with Crippen molar-refractivity contribution in [3.8, 4) is 16.5 Å². The maximum atomic E-state index is 11.8. The summed E-state index contributed by atoms with van der Waals surface area (Å²) in [4.78, 5) is 17.3. The number of aryl methyl sites for hydroxylation is 1. The summed E-state index contributed by atoms with van der Waals surface area (Å²) in [6.45, 7) is 4.82. The molecular weight excluding hydrogens is 296 g/mol. The SMILES string of the molecule is CCCCNC(=O)Oc1nc(-c2ccccc2)sc1CCC. The lowest BCUT2D eigenvalue weighted by molar-refractivity contribution is 0.198. The summed E-state index contributed by atoms with van der Waals surface area (Å²) in [5.74, 6) is 0.444. The first-order chi connectivity index (χ1) is 10.7. The Morgan fingerprint density at radius 1 is 1.23 bits per heavy atom. The Hall–Kier alpha value is -1.88. The molecule has 0 aliphatic rings. The van der Waals surface area contributed by atoms with Gasteiger partial charge in [-0.3, -0.25) is 0 Å². The van der Waals surface area contributed by atoms with Gasteiger partial charge in [0.05, 0.1) is 4.88 Å². The van der Waals surface area contributed by atoms with Gasteiger partial charge in [-0.2, -0.15) is 0 Å². The maximum Gasteiger partial charge on any atom is 0.413 e. The second kappa shape index (κ2) is 8.54. The van der Waals surface area contributed by atoms with Crippen LogP contribution in [-0.4, -0.2) is 17.6 Å². The van der Waals surface area contributed by atoms with Crippen LogP contribution in [0, 0.1) is 0 Å². The number of ether oxygens (including phenoxy) is 1. The second-order valence-corrected chi connectivity index (χ2v) is 6.12. The van der Waals surface area contributed by atoms with Gasteiger partial charge in [-0.25, -0.2) is 9.78 Å². The minimum atomic E-state index is -0.421. The Balaban J connectivity index is 2.12. The van der Waals surface area contributed by atoms with Crippen LogP contribution in [0.15, 0.2) is 30.3 Å². The average molecular weight is 318 g/mol. The number of amides is 1. The number of rotatable bonds is 7. The summed E-state index contributed by atoms with van der Waals surface area (Å²) < 4.78 is 5.40. The lowest BCUT2D eigenvalue weighted by Gasteiger charge is -2.05. The second-order valence-electron chi connectivity index (χ2n) is 5.03. The monoisotopic (exact) mass is 318 g/mol. The molecule has 0 fully saturated rings. The zero-order chi connectivity index (χ0) is 15.8. The van der Waals surface area contributed by atoms with Crippen molar-refractivity contribution in [3.05, 3.63) is 35.2 Å². The predicted molar refractivity (Wildman–Crippen MR) is 90.5 cm³/mol. The van der Waals surface area contributed by atoms with Crippen LogP contribution < -0.4 is 10.1 Å². The number of nitrogens with zero attached hydrogens (tertiary/aromatic N) is 1. The summed E-state index contributed by atoms with van der Waals surface area (Å²) in [5.41, 5.74) is 1.05. The molecule has 1 aromatic heterocycles. The number of carbonyl (C=O) groups is 1. The van der Waals surface area contributed by atoms with E-state index in [0.29, 0.717) is 12.4 Å². The Labute approximate surface area is 135 Å². The first-order valence-electron chi connectivity index (χ1n) is 7.75. The molecule has 5 heteroatoms. The van der Waals surface area contributed by atoms with Crippen molar-refractivity contribution in [2.45, 2.75) is 39.5 Å². The third-order valence-electron chi connectivity index (χ3n) is 3.15. The van der Waals surface area contributed by atoms with Gasteiger partial charge in [0.1, 0.15) is 5.01 Å². The molecule has 1 aromatic carbocycles. The first kappa shape index (κ1) is 16.5. The van der Waals surface area contributed by atoms with Crippen LogP contribution in [0.25, 0.3) is 10.6 Å². The van der Waals surface area contributed by atoms with Crippen molar-refractivity contribution >= 4 is 17.4 Å². The van der Waals surface area contributed by atoms with Crippen molar-refractivity contribution in [3.63, 3.8) is 0 Å². The summed E-state index contributed by atoms with van der Waals surface area (Å²) >= 11 is 1.59. The van der Waals surface area contributed by atoms with Gasteiger partial charge in [0, 0.05) is 12.1 Å². The Bertz CT molecular complexity index is 596. The van der Waals surface area contributed by atoms with Gasteiger partial charge in [-0.05, 0) is 12.8 Å². The van der Waals surface area contributed by atoms with E-state index in [4.69, 9.17) is 4.74 Å². The topological polar surface area (TPSA) is 51.2 Å². The quantitative estimate of drug-likeness (QED) is 0.756. The number of nitrogens with one attached hydrogen (secondary N) is 1. The summed E-state index contributed by atoms with van der Waals surface area (Å²) in [6.07, 6.45) is 3.42. The van der Waals surface area contributed by atoms with Crippen LogP contribution in [0.1, 0.15) is 38.0 Å². The average Bonchev–Trinajstić information content (AvgIpc) is 2.92. The molecule has 1 amide bonds. The van der Waals surface area contributed by atoms with Gasteiger partial charge in [0.2, 0.25) is 5.88 Å². The van der Waals surface area contributed by atoms with E-state index in [1.54, 1.807) is 11.3 Å². The first-order valence-corrected chi connectivity index (χ1v) is 8.57. The van der Waals surface area contributed by atoms with E-state index in [-0.39, 0.29) is 0 Å². The van der Waals surface area contributed by atoms with Gasteiger partial charge in [-0.1, -0.05) is 57.0 Å². The minimum Gasteiger partial charge on any atom is -0.390 e. The number of unbranched alkanes of at least 4 members (excludes halogenated alkanes) is 1. The third kappa shape index (κ3) is 4.56. The number of benzene rings is 1. The minimum absolute atomic E-state index is 0.421. The molecule has 0 spiro atoms. The zero-order valence-electron chi connectivity index (χ0n) is 13.1. The lowest BCUT2D eigenvalue weighted by Crippen LogP contribution is -2.28. The maximum absolute atomic E-state index is 11.8. The highest BCUT2D eigenvalue weighted by molar-refractivity contribution is 7.15. The van der Waals surface area contributed by atoms with Crippen LogP contribution in [0.2, 0.25) is 0 Å². The van der Waals surface area contributed by atoms with Crippen LogP contribution >= 0.6 is 11.3 Å². The lowest BCUT2D eigenvalue weighted by atomic mass is 10.2. The Kier molecular flexibility index (Phi) is 6.40. The van der Waals surface area contributed by atoms with E-state index >= 15 is 0 Å². The molecule has 1 heterocycles. The van der Waals surface area contributed by atoms with E-state index in [1.165, 1.54) is 0 Å². The summed E-state index contributed by atoms with van der Waals surface area (Å²) in [7, 11) is 0. The number of carbonyl (C=O) groups excluding carboxylic acids is 1. The van der Waals surface area contributed by atoms with Gasteiger partial charge < -0.3 is 10.1 Å². The molecule has 0 aliphatic heterocycles. The van der Waals surface area contributed by atoms with Crippen LogP contribution in [0.4, 0.5) is 4.79 Å². The number of thiazole rings is 1. The number of hydrogen-bond donors (Lipinski definition) is 1. The number of aromatic nitrogens is 1. The molecule has 0 saturated heterocycles. The van der Waals surface area contributed by atoms with E-state index < -0.39 is 6.09 Å². The largest absolute Gasteiger partial charge is 0.413 e. The van der Waals surface area contributed by atoms with E-state index in [9.17, 15) is 4.79 Å². The fourth-order valence-corrected chi connectivity index (χ4v) is 3.09. The highest BCUT2D eigenvalue weighted by Crippen LogP contribution is 2.33. The molecule has 2 aromatic rings. The summed E-state index contributed by atoms with van der Waals surface area (Å²) in [6, 6.07) is 9.96. The van der Waals surface area contributed by atoms with Crippen molar-refractivity contribution < 1.29 is 9.53 Å². The predicted octanol–water partition coefficient (Wildman–Crippen LogP) is 4.65. The molecule has 4 nitrogen and oxygen atoms in total. The molecule has 0 atom stereocenters. The van der Waals surface area contributed by atoms with E-state index in [2.05, 4.69) is 24.1 Å². The Morgan fingerprint density at radius 3 is 2.68 bits per heavy atom. The molecule has 0 saturated carbocycles. The zero-order valence-corrected chi connectivity index (χ0v) is 13.9. The molecule has 0 radical (unpaired) electrons. The van der Waals surface area contributed by atoms with Crippen LogP contribution in [0.3, 0.4) is 0 Å². The molecular formula is C17H22N2O2S. The molecule has 0 bridgehead atoms. The Morgan fingerprint density at radius 2 is 2.00 bits per heavy atom. The van der Waals surface area contributed by atoms with E-state index in [0.717, 1.165) is 41.1 Å². The van der Waals surface area contributed by atoms with Gasteiger partial charge in [-0.15, -0.1) is 11.3 Å². The van der Waals surface area contributed by atoms with Crippen molar-refractivity contribution in [1.82, 2.24) is 10.3 Å². The van der Waals surface area contributed by atoms with Crippen molar-refractivity contribution in [1.29, 1.82) is 0 Å². The molecule has 0 unspecified atom stereocenters. The molecule has 22 heavy (non-hydrogen) atoms. The van der Waals surface area contributed by atoms with Gasteiger partial charge >= 0.3 is 6.09 Å². The van der Waals surface area contributed by atoms with Crippen molar-refractivity contribution in [2.75, 3.05) is 6.54 Å². The fraction of sp³-hybridized carbons (Fsp3) is 0.412. The molecule has 0 aliphatic carbocycles. The highest BCUT2D eigenvalue weighted by atomic mass is 32.1. The molecule has 2 rings (SSSR count). The standard InChI is InChI=1S/C17H22N2O2S/c1-3-5-12-18-17(20)21-15-14(9-4-2)22-16(19-15)13-10-7-6-8-11-13/h6-8,10-11H,3-5,9,12H2,1-2H3,(H,18,20). The molecule has 118 valence electrons. The summed E-state index contributed by atoms with van der Waals surface area (Å²) in [5, 5.41) is 3.64. The highest BCUT2D eigenvalue weighted by Gasteiger charge is 2.16. The third-order valence-corrected chi connectivity index (χ3v) is 4.29. The molecule has 1 N–H and O–H groups in total. The van der Waals surface area contributed by atoms with Gasteiger partial charge in [0.25, 0.3) is 0 Å². The smallest absolute Gasteiger partial charge is 0.390 e. The fourth-order valence-electron chi connectivity index (χ4n) is 2.00. The number of hydrogen-bond acceptors (Lipinski definition) is 4. The van der Waals surface area contributed by atoms with E-state index in [1.807, 2.05) is 30.3 Å².